The van der Waals surface area contributed by atoms with Crippen molar-refractivity contribution in [2.24, 2.45) is 5.14 Å². The lowest BCUT2D eigenvalue weighted by Crippen LogP contribution is -2.41. The van der Waals surface area contributed by atoms with E-state index in [1.807, 2.05) is 0 Å². The first-order chi connectivity index (χ1) is 9.24. The molecular weight excluding hydrogens is 325 g/mol. The van der Waals surface area contributed by atoms with Gasteiger partial charge in [-0.3, -0.25) is 4.79 Å². The number of nitrogens with one attached hydrogen (secondary N) is 1. The number of fused-ring (bicyclic) bond motifs is 2. The van der Waals surface area contributed by atoms with Gasteiger partial charge in [-0.2, -0.15) is 12.7 Å². The van der Waals surface area contributed by atoms with Crippen LogP contribution in [0.5, 0.6) is 0 Å². The van der Waals surface area contributed by atoms with Crippen LogP contribution in [0, 0.1) is 0 Å². The number of hydrogen-bond donors (Lipinski definition) is 2. The molecule has 1 atom stereocenters. The Balaban J connectivity index is 2.09. The van der Waals surface area contributed by atoms with Crippen LogP contribution < -0.4 is 10.5 Å². The second-order valence-corrected chi connectivity index (χ2v) is 7.34. The van der Waals surface area contributed by atoms with Gasteiger partial charge in [0.2, 0.25) is 5.91 Å². The van der Waals surface area contributed by atoms with E-state index in [4.69, 9.17) is 28.3 Å². The number of rotatable bonds is 1. The fourth-order valence-electron chi connectivity index (χ4n) is 2.81. The maximum atomic E-state index is 12.3. The smallest absolute Gasteiger partial charge is 0.276 e. The average molecular weight is 336 g/mol. The van der Waals surface area contributed by atoms with Gasteiger partial charge in [0, 0.05) is 18.8 Å². The van der Waals surface area contributed by atoms with Gasteiger partial charge in [-0.1, -0.05) is 23.2 Å². The molecule has 0 radical (unpaired) electrons. The van der Waals surface area contributed by atoms with Gasteiger partial charge in [0.15, 0.2) is 0 Å². The van der Waals surface area contributed by atoms with Crippen LogP contribution >= 0.6 is 23.2 Å². The molecule has 1 aromatic carbocycles. The summed E-state index contributed by atoms with van der Waals surface area (Å²) in [4.78, 5) is 12.3. The van der Waals surface area contributed by atoms with Crippen LogP contribution in [0.3, 0.4) is 0 Å². The van der Waals surface area contributed by atoms with E-state index in [2.05, 4.69) is 5.32 Å². The van der Waals surface area contributed by atoms with Crippen LogP contribution in [0.2, 0.25) is 10.0 Å². The lowest BCUT2D eigenvalue weighted by Gasteiger charge is -2.21. The molecule has 0 saturated carbocycles. The van der Waals surface area contributed by atoms with Crippen molar-refractivity contribution in [2.75, 3.05) is 18.4 Å². The average Bonchev–Trinajstić information content (AvgIpc) is 2.88. The molecule has 108 valence electrons. The molecule has 1 aromatic rings. The van der Waals surface area contributed by atoms with Crippen LogP contribution in [-0.2, 0) is 20.4 Å². The van der Waals surface area contributed by atoms with Crippen molar-refractivity contribution in [3.8, 4) is 0 Å². The molecule has 2 heterocycles. The molecule has 20 heavy (non-hydrogen) atoms. The number of amides is 1. The number of benzene rings is 1. The number of carbonyl (C=O) groups is 1. The van der Waals surface area contributed by atoms with Gasteiger partial charge in [-0.25, -0.2) is 5.14 Å². The van der Waals surface area contributed by atoms with E-state index in [1.165, 1.54) is 0 Å². The lowest BCUT2D eigenvalue weighted by atomic mass is 9.81. The van der Waals surface area contributed by atoms with Crippen LogP contribution in [0.15, 0.2) is 12.1 Å². The van der Waals surface area contributed by atoms with E-state index in [9.17, 15) is 13.2 Å². The quantitative estimate of drug-likeness (QED) is 0.804. The summed E-state index contributed by atoms with van der Waals surface area (Å²) in [5.41, 5.74) is 0.305. The molecule has 0 unspecified atom stereocenters. The summed E-state index contributed by atoms with van der Waals surface area (Å²) in [6, 6.07) is 3.19. The number of hydrogen-bond acceptors (Lipinski definition) is 3. The van der Waals surface area contributed by atoms with Gasteiger partial charge in [0.05, 0.1) is 15.5 Å². The summed E-state index contributed by atoms with van der Waals surface area (Å²) in [6.45, 7) is 0.217. The highest BCUT2D eigenvalue weighted by atomic mass is 35.5. The Labute approximate surface area is 126 Å². The predicted molar refractivity (Wildman–Crippen MR) is 76.1 cm³/mol. The first-order valence-corrected chi connectivity index (χ1v) is 8.09. The Morgan fingerprint density at radius 1 is 1.30 bits per heavy atom. The number of anilines is 1. The van der Waals surface area contributed by atoms with Crippen LogP contribution in [0.4, 0.5) is 5.69 Å². The molecule has 6 nitrogen and oxygen atoms in total. The van der Waals surface area contributed by atoms with Gasteiger partial charge in [-0.15, -0.1) is 0 Å². The normalized spacial score (nSPS) is 26.1. The Kier molecular flexibility index (Phi) is 3.04. The van der Waals surface area contributed by atoms with E-state index in [0.29, 0.717) is 27.7 Å². The summed E-state index contributed by atoms with van der Waals surface area (Å²) in [5, 5.41) is 8.52. The zero-order valence-electron chi connectivity index (χ0n) is 10.2. The number of nitrogens with zero attached hydrogens (tertiary/aromatic N) is 1. The van der Waals surface area contributed by atoms with E-state index < -0.39 is 15.6 Å². The Bertz CT molecular complexity index is 722. The zero-order valence-corrected chi connectivity index (χ0v) is 12.5. The van der Waals surface area contributed by atoms with Gasteiger partial charge in [0.25, 0.3) is 10.2 Å². The summed E-state index contributed by atoms with van der Waals surface area (Å²) < 4.78 is 24.0. The molecule has 3 N–H and O–H groups in total. The largest absolute Gasteiger partial charge is 0.325 e. The fourth-order valence-corrected chi connectivity index (χ4v) is 3.88. The van der Waals surface area contributed by atoms with E-state index in [1.54, 1.807) is 12.1 Å². The first kappa shape index (κ1) is 14.1. The molecule has 1 spiro atoms. The van der Waals surface area contributed by atoms with Crippen molar-refractivity contribution < 1.29 is 13.2 Å². The number of halogens is 2. The Hall–Kier alpha value is -0.860. The van der Waals surface area contributed by atoms with Crippen molar-refractivity contribution in [1.29, 1.82) is 0 Å². The van der Waals surface area contributed by atoms with Gasteiger partial charge in [0.1, 0.15) is 0 Å². The topological polar surface area (TPSA) is 92.5 Å². The molecule has 0 aromatic heterocycles. The molecule has 0 aliphatic carbocycles. The van der Waals surface area contributed by atoms with Crippen molar-refractivity contribution in [2.45, 2.75) is 11.8 Å². The van der Waals surface area contributed by atoms with Crippen molar-refractivity contribution in [1.82, 2.24) is 4.31 Å². The summed E-state index contributed by atoms with van der Waals surface area (Å²) in [7, 11) is -3.82. The third-order valence-corrected chi connectivity index (χ3v) is 5.61. The first-order valence-electron chi connectivity index (χ1n) is 5.83. The second-order valence-electron chi connectivity index (χ2n) is 4.98. The van der Waals surface area contributed by atoms with E-state index in [-0.39, 0.29) is 19.0 Å². The number of nitrogens with two attached hydrogens (primary N) is 1. The van der Waals surface area contributed by atoms with Crippen molar-refractivity contribution in [3.05, 3.63) is 27.7 Å². The van der Waals surface area contributed by atoms with Crippen LogP contribution in [-0.4, -0.2) is 31.7 Å². The summed E-state index contributed by atoms with van der Waals surface area (Å²) >= 11 is 11.9. The predicted octanol–water partition coefficient (Wildman–Crippen LogP) is 1.09. The summed E-state index contributed by atoms with van der Waals surface area (Å²) in [6.07, 6.45) is 0.361. The van der Waals surface area contributed by atoms with Gasteiger partial charge >= 0.3 is 0 Å². The maximum Gasteiger partial charge on any atom is 0.276 e. The van der Waals surface area contributed by atoms with E-state index in [0.717, 1.165) is 4.31 Å². The highest BCUT2D eigenvalue weighted by Crippen LogP contribution is 2.46. The van der Waals surface area contributed by atoms with Crippen molar-refractivity contribution in [3.63, 3.8) is 0 Å². The molecule has 1 saturated heterocycles. The highest BCUT2D eigenvalue weighted by molar-refractivity contribution is 7.86. The number of carbonyl (C=O) groups excluding carboxylic acids is 1. The molecule has 2 aliphatic rings. The van der Waals surface area contributed by atoms with Crippen LogP contribution in [0.1, 0.15) is 12.0 Å². The Morgan fingerprint density at radius 2 is 1.95 bits per heavy atom. The molecule has 3 rings (SSSR count). The summed E-state index contributed by atoms with van der Waals surface area (Å²) in [5.74, 6) is -0.253. The van der Waals surface area contributed by atoms with Gasteiger partial charge < -0.3 is 5.32 Å². The molecule has 0 bridgehead atoms. The Morgan fingerprint density at radius 3 is 2.55 bits per heavy atom. The third-order valence-electron chi connectivity index (χ3n) is 3.85. The standard InChI is InChI=1S/C11H11Cl2N3O3S/c12-7-3-6-9(4-8(7)13)15-10(17)11(6)1-2-16(5-11)20(14,18)19/h3-4H,1-2,5H2,(H,15,17)(H2,14,18,19)/t11-/m1/s1. The molecule has 1 fully saturated rings. The minimum atomic E-state index is -3.82. The minimum Gasteiger partial charge on any atom is -0.325 e. The zero-order chi connectivity index (χ0) is 14.7. The molecule has 9 heteroatoms. The van der Waals surface area contributed by atoms with E-state index >= 15 is 0 Å². The maximum absolute atomic E-state index is 12.3. The van der Waals surface area contributed by atoms with Crippen molar-refractivity contribution >= 4 is 45.0 Å². The highest BCUT2D eigenvalue weighted by Gasteiger charge is 2.53. The second kappa shape index (κ2) is 4.32. The van der Waals surface area contributed by atoms with Crippen LogP contribution in [0.25, 0.3) is 0 Å². The van der Waals surface area contributed by atoms with Gasteiger partial charge in [-0.05, 0) is 24.1 Å². The molecule has 1 amide bonds. The molecule has 2 aliphatic heterocycles. The minimum absolute atomic E-state index is 0.0165. The fraction of sp³-hybridized carbons (Fsp3) is 0.364. The monoisotopic (exact) mass is 335 g/mol. The lowest BCUT2D eigenvalue weighted by molar-refractivity contribution is -0.120. The molecular formula is C11H11Cl2N3O3S. The SMILES string of the molecule is NS(=O)(=O)N1CC[C@]2(C1)C(=O)Nc1cc(Cl)c(Cl)cc12. The third kappa shape index (κ3) is 1.93.